The zero-order valence-electron chi connectivity index (χ0n) is 4.76. The van der Waals surface area contributed by atoms with Crippen LogP contribution in [0, 0.1) is 0 Å². The molecule has 1 atom stereocenters. The van der Waals surface area contributed by atoms with Gasteiger partial charge < -0.3 is 10.4 Å². The minimum Gasteiger partial charge on any atom is -0.480 e. The van der Waals surface area contributed by atoms with E-state index < -0.39 is 12.0 Å². The maximum absolute atomic E-state index is 10.4. The Kier molecular flexibility index (Phi) is 1.38. The molecule has 50 valence electrons. The largest absolute Gasteiger partial charge is 0.480 e. The van der Waals surface area contributed by atoms with E-state index >= 15 is 0 Å². The van der Waals surface area contributed by atoms with Gasteiger partial charge in [0.05, 0.1) is 0 Å². The van der Waals surface area contributed by atoms with Crippen LogP contribution < -0.4 is 5.32 Å². The lowest BCUT2D eigenvalue weighted by atomic mass is 10.4. The average Bonchev–Trinajstić information content (AvgIpc) is 2.14. The van der Waals surface area contributed by atoms with Crippen molar-refractivity contribution in [3.05, 3.63) is 0 Å². The maximum Gasteiger partial charge on any atom is 0.326 e. The van der Waals surface area contributed by atoms with Crippen LogP contribution in [0.5, 0.6) is 0 Å². The second-order valence-corrected chi connectivity index (χ2v) is 2.00. The smallest absolute Gasteiger partial charge is 0.326 e. The molecule has 0 saturated carbocycles. The number of aliphatic carboxylic acids is 1. The molecule has 2 N–H and O–H groups in total. The molecule has 4 nitrogen and oxygen atoms in total. The van der Waals surface area contributed by atoms with Gasteiger partial charge in [0.25, 0.3) is 0 Å². The first-order valence-electron chi connectivity index (χ1n) is 2.72. The van der Waals surface area contributed by atoms with Crippen molar-refractivity contribution in [3.8, 4) is 0 Å². The number of amides is 1. The molecule has 1 rings (SSSR count). The molecular weight excluding hydrogens is 124 g/mol. The highest BCUT2D eigenvalue weighted by atomic mass is 16.4. The van der Waals surface area contributed by atoms with Gasteiger partial charge in [-0.2, -0.15) is 0 Å². The van der Waals surface area contributed by atoms with Crippen LogP contribution >= 0.6 is 0 Å². The fourth-order valence-corrected chi connectivity index (χ4v) is 0.799. The number of nitrogens with one attached hydrogen (secondary N) is 1. The van der Waals surface area contributed by atoms with E-state index in [1.807, 2.05) is 0 Å². The predicted molar refractivity (Wildman–Crippen MR) is 28.8 cm³/mol. The number of carbonyl (C=O) groups is 2. The molecule has 9 heavy (non-hydrogen) atoms. The summed E-state index contributed by atoms with van der Waals surface area (Å²) in [6, 6.07) is -0.641. The van der Waals surface area contributed by atoms with Crippen molar-refractivity contribution in [2.45, 2.75) is 18.9 Å². The Hall–Kier alpha value is -1.06. The van der Waals surface area contributed by atoms with Crippen LogP contribution in [0.15, 0.2) is 0 Å². The van der Waals surface area contributed by atoms with Crippen molar-refractivity contribution >= 4 is 11.9 Å². The van der Waals surface area contributed by atoms with Gasteiger partial charge in [0, 0.05) is 6.42 Å². The van der Waals surface area contributed by atoms with Gasteiger partial charge in [-0.05, 0) is 6.42 Å². The summed E-state index contributed by atoms with van der Waals surface area (Å²) in [6.45, 7) is 0. The van der Waals surface area contributed by atoms with Crippen LogP contribution in [0.2, 0.25) is 0 Å². The lowest BCUT2D eigenvalue weighted by Gasteiger charge is -1.99. The molecule has 0 aliphatic carbocycles. The number of carboxylic acid groups (broad SMARTS) is 1. The molecule has 1 aliphatic heterocycles. The monoisotopic (exact) mass is 131 g/mol. The molecule has 0 aromatic heterocycles. The SMILES string of the molecule is O=C1CC[14C@@H](C(=O)O)N1. The topological polar surface area (TPSA) is 66.4 Å². The molecule has 1 heterocycles. The predicted octanol–water partition coefficient (Wildman–Crippen LogP) is -0.650. The highest BCUT2D eigenvalue weighted by molar-refractivity contribution is 5.87. The lowest BCUT2D eigenvalue weighted by molar-refractivity contribution is -0.140. The first kappa shape index (κ1) is 6.07. The molecule has 0 unspecified atom stereocenters. The van der Waals surface area contributed by atoms with Gasteiger partial charge in [0.1, 0.15) is 6.04 Å². The summed E-state index contributed by atoms with van der Waals surface area (Å²) in [5, 5.41) is 10.6. The van der Waals surface area contributed by atoms with Crippen molar-refractivity contribution in [2.75, 3.05) is 0 Å². The molecule has 1 amide bonds. The zero-order chi connectivity index (χ0) is 6.85. The van der Waals surface area contributed by atoms with Gasteiger partial charge in [-0.1, -0.05) is 0 Å². The molecule has 0 spiro atoms. The first-order valence-corrected chi connectivity index (χ1v) is 2.72. The van der Waals surface area contributed by atoms with Gasteiger partial charge in [-0.25, -0.2) is 4.79 Å². The Balaban J connectivity index is 2.48. The summed E-state index contributed by atoms with van der Waals surface area (Å²) < 4.78 is 0. The van der Waals surface area contributed by atoms with Crippen LogP contribution in [-0.4, -0.2) is 23.0 Å². The summed E-state index contributed by atoms with van der Waals surface area (Å²) >= 11 is 0. The van der Waals surface area contributed by atoms with Crippen molar-refractivity contribution < 1.29 is 14.7 Å². The molecule has 1 aliphatic rings. The number of hydrogen-bond donors (Lipinski definition) is 2. The molecule has 0 radical (unpaired) electrons. The van der Waals surface area contributed by atoms with Crippen molar-refractivity contribution in [2.24, 2.45) is 0 Å². The van der Waals surface area contributed by atoms with E-state index in [0.717, 1.165) is 0 Å². The highest BCUT2D eigenvalue weighted by Crippen LogP contribution is 2.05. The third kappa shape index (κ3) is 1.19. The van der Waals surface area contributed by atoms with Gasteiger partial charge >= 0.3 is 5.97 Å². The molecule has 0 aromatic rings. The van der Waals surface area contributed by atoms with Crippen LogP contribution in [0.25, 0.3) is 0 Å². The van der Waals surface area contributed by atoms with E-state index in [4.69, 9.17) is 5.11 Å². The molecule has 0 aromatic carbocycles. The van der Waals surface area contributed by atoms with Gasteiger partial charge in [0.2, 0.25) is 5.91 Å². The summed E-state index contributed by atoms with van der Waals surface area (Å²) in [4.78, 5) is 20.5. The number of rotatable bonds is 1. The van der Waals surface area contributed by atoms with E-state index in [0.29, 0.717) is 12.8 Å². The summed E-state index contributed by atoms with van der Waals surface area (Å²) in [5.74, 6) is -1.11. The molecular formula is C5H7NO3. The number of hydrogen-bond acceptors (Lipinski definition) is 2. The van der Waals surface area contributed by atoms with E-state index in [1.54, 1.807) is 0 Å². The minimum absolute atomic E-state index is 0.164. The molecule has 4 heteroatoms. The minimum atomic E-state index is -0.944. The Morgan fingerprint density at radius 3 is 2.67 bits per heavy atom. The van der Waals surface area contributed by atoms with Crippen LogP contribution in [0.4, 0.5) is 0 Å². The standard InChI is InChI=1S/C5H7NO3/c7-4-2-1-3(6-4)5(8)9/h3H,1-2H2,(H,6,7)(H,8,9)/t3-/m0/s1/i3+2. The van der Waals surface area contributed by atoms with Crippen LogP contribution in [-0.2, 0) is 9.59 Å². The average molecular weight is 131 g/mol. The van der Waals surface area contributed by atoms with Crippen LogP contribution in [0.3, 0.4) is 0 Å². The Labute approximate surface area is 51.9 Å². The molecule has 1 saturated heterocycles. The third-order valence-corrected chi connectivity index (χ3v) is 1.29. The van der Waals surface area contributed by atoms with Crippen LogP contribution in [0.1, 0.15) is 12.8 Å². The normalized spacial score (nSPS) is 25.8. The molecule has 1 fully saturated rings. The maximum atomic E-state index is 10.4. The number of carbonyl (C=O) groups excluding carboxylic acids is 1. The Morgan fingerprint density at radius 1 is 1.78 bits per heavy atom. The van der Waals surface area contributed by atoms with Crippen molar-refractivity contribution in [3.63, 3.8) is 0 Å². The van der Waals surface area contributed by atoms with E-state index in [-0.39, 0.29) is 5.91 Å². The summed E-state index contributed by atoms with van der Waals surface area (Å²) in [7, 11) is 0. The summed E-state index contributed by atoms with van der Waals surface area (Å²) in [6.07, 6.45) is 0.769. The van der Waals surface area contributed by atoms with E-state index in [9.17, 15) is 9.59 Å². The zero-order valence-corrected chi connectivity index (χ0v) is 4.76. The summed E-state index contributed by atoms with van der Waals surface area (Å²) in [5.41, 5.74) is 0. The Bertz CT molecular complexity index is 154. The fourth-order valence-electron chi connectivity index (χ4n) is 0.799. The first-order chi connectivity index (χ1) is 4.20. The fraction of sp³-hybridized carbons (Fsp3) is 0.600. The number of carboxylic acids is 1. The second-order valence-electron chi connectivity index (χ2n) is 2.00. The lowest BCUT2D eigenvalue weighted by Crippen LogP contribution is -2.32. The molecule has 0 bridgehead atoms. The van der Waals surface area contributed by atoms with Gasteiger partial charge in [0.15, 0.2) is 0 Å². The highest BCUT2D eigenvalue weighted by Gasteiger charge is 2.26. The second kappa shape index (κ2) is 2.05. The quantitative estimate of drug-likeness (QED) is 0.497. The van der Waals surface area contributed by atoms with Crippen molar-refractivity contribution in [1.82, 2.24) is 5.32 Å². The van der Waals surface area contributed by atoms with Gasteiger partial charge in [-0.15, -0.1) is 0 Å². The van der Waals surface area contributed by atoms with Crippen molar-refractivity contribution in [1.29, 1.82) is 0 Å². The van der Waals surface area contributed by atoms with E-state index in [1.165, 1.54) is 0 Å². The van der Waals surface area contributed by atoms with E-state index in [2.05, 4.69) is 5.32 Å². The third-order valence-electron chi connectivity index (χ3n) is 1.29. The van der Waals surface area contributed by atoms with Gasteiger partial charge in [-0.3, -0.25) is 4.79 Å². The Morgan fingerprint density at radius 2 is 2.44 bits per heavy atom.